The first-order valence-electron chi connectivity index (χ1n) is 7.18. The Morgan fingerprint density at radius 3 is 2.59 bits per heavy atom. The van der Waals surface area contributed by atoms with Crippen molar-refractivity contribution in [1.82, 2.24) is 10.2 Å². The molecule has 0 spiro atoms. The van der Waals surface area contributed by atoms with Gasteiger partial charge in [-0.3, -0.25) is 9.59 Å². The number of carbonyl (C=O) groups is 2. The Balaban J connectivity index is 2.18. The molecular formula is C16H20FN3O2. The average molecular weight is 305 g/mol. The molecular weight excluding hydrogens is 285 g/mol. The second kappa shape index (κ2) is 6.60. The van der Waals surface area contributed by atoms with E-state index in [2.05, 4.69) is 17.2 Å². The van der Waals surface area contributed by atoms with Crippen molar-refractivity contribution in [3.63, 3.8) is 0 Å². The van der Waals surface area contributed by atoms with Gasteiger partial charge in [0.1, 0.15) is 11.4 Å². The maximum Gasteiger partial charge on any atom is 0.245 e. The third-order valence-electron chi connectivity index (χ3n) is 3.97. The number of carbonyl (C=O) groups excluding carboxylic acids is 2. The molecule has 2 rings (SSSR count). The van der Waals surface area contributed by atoms with Gasteiger partial charge in [-0.1, -0.05) is 12.6 Å². The highest BCUT2D eigenvalue weighted by Crippen LogP contribution is 2.28. The number of halogens is 1. The monoisotopic (exact) mass is 305 g/mol. The quantitative estimate of drug-likeness (QED) is 0.829. The Kier molecular flexibility index (Phi) is 4.80. The Bertz CT molecular complexity index is 581. The lowest BCUT2D eigenvalue weighted by molar-refractivity contribution is -0.132. The third-order valence-corrected chi connectivity index (χ3v) is 3.97. The molecule has 0 radical (unpaired) electrons. The summed E-state index contributed by atoms with van der Waals surface area (Å²) in [6.07, 6.45) is 2.17. The van der Waals surface area contributed by atoms with E-state index < -0.39 is 5.54 Å². The van der Waals surface area contributed by atoms with E-state index in [9.17, 15) is 14.0 Å². The van der Waals surface area contributed by atoms with E-state index in [1.54, 1.807) is 24.1 Å². The van der Waals surface area contributed by atoms with Gasteiger partial charge in [0.05, 0.1) is 0 Å². The first-order chi connectivity index (χ1) is 10.5. The predicted octanol–water partition coefficient (Wildman–Crippen LogP) is 1.53. The lowest BCUT2D eigenvalue weighted by Crippen LogP contribution is -2.58. The van der Waals surface area contributed by atoms with Gasteiger partial charge in [-0.2, -0.15) is 0 Å². The van der Waals surface area contributed by atoms with E-state index >= 15 is 0 Å². The molecule has 0 aromatic heterocycles. The zero-order valence-corrected chi connectivity index (χ0v) is 12.6. The fourth-order valence-corrected chi connectivity index (χ4v) is 2.73. The summed E-state index contributed by atoms with van der Waals surface area (Å²) in [6, 6.07) is 6.01. The van der Waals surface area contributed by atoms with Crippen molar-refractivity contribution in [2.24, 2.45) is 0 Å². The predicted molar refractivity (Wildman–Crippen MR) is 82.8 cm³/mol. The van der Waals surface area contributed by atoms with Crippen molar-refractivity contribution in [1.29, 1.82) is 0 Å². The van der Waals surface area contributed by atoms with Gasteiger partial charge < -0.3 is 15.5 Å². The molecule has 1 fully saturated rings. The first-order valence-corrected chi connectivity index (χ1v) is 7.18. The van der Waals surface area contributed by atoms with Gasteiger partial charge in [0.15, 0.2) is 0 Å². The minimum Gasteiger partial charge on any atom is -0.371 e. The molecule has 2 amide bonds. The second-order valence-electron chi connectivity index (χ2n) is 5.33. The van der Waals surface area contributed by atoms with E-state index in [0.717, 1.165) is 0 Å². The number of benzene rings is 1. The zero-order chi connectivity index (χ0) is 16.2. The van der Waals surface area contributed by atoms with Gasteiger partial charge in [0, 0.05) is 25.8 Å². The largest absolute Gasteiger partial charge is 0.371 e. The van der Waals surface area contributed by atoms with Crippen molar-refractivity contribution in [3.8, 4) is 0 Å². The van der Waals surface area contributed by atoms with Crippen LogP contribution in [0, 0.1) is 5.82 Å². The van der Waals surface area contributed by atoms with Gasteiger partial charge in [0.25, 0.3) is 0 Å². The van der Waals surface area contributed by atoms with Crippen LogP contribution in [0.5, 0.6) is 0 Å². The molecule has 1 aromatic carbocycles. The van der Waals surface area contributed by atoms with Crippen LogP contribution in [0.2, 0.25) is 0 Å². The van der Waals surface area contributed by atoms with Crippen LogP contribution in [0.4, 0.5) is 10.1 Å². The summed E-state index contributed by atoms with van der Waals surface area (Å²) < 4.78 is 13.3. The van der Waals surface area contributed by atoms with Crippen LogP contribution in [0.3, 0.4) is 0 Å². The molecule has 1 aromatic rings. The third kappa shape index (κ3) is 3.27. The van der Waals surface area contributed by atoms with Gasteiger partial charge in [-0.15, -0.1) is 0 Å². The molecule has 0 bridgehead atoms. The molecule has 5 nitrogen and oxygen atoms in total. The van der Waals surface area contributed by atoms with E-state index in [1.807, 2.05) is 0 Å². The summed E-state index contributed by atoms with van der Waals surface area (Å²) in [5.74, 6) is -0.671. The molecule has 2 N–H and O–H groups in total. The molecule has 22 heavy (non-hydrogen) atoms. The van der Waals surface area contributed by atoms with Crippen LogP contribution in [0.15, 0.2) is 36.9 Å². The smallest absolute Gasteiger partial charge is 0.245 e. The minimum absolute atomic E-state index is 0.142. The Hall–Kier alpha value is -2.37. The van der Waals surface area contributed by atoms with Crippen LogP contribution < -0.4 is 10.6 Å². The standard InChI is InChI=1S/C16H20FN3O2/c1-3-14(21)20-9-7-16(8-10-20,15(22)18-2)19-13-6-4-5-12(17)11-13/h3-6,11,19H,1,7-10H2,2H3,(H,18,22). The number of hydrogen-bond donors (Lipinski definition) is 2. The molecule has 1 aliphatic heterocycles. The molecule has 1 heterocycles. The topological polar surface area (TPSA) is 61.4 Å². The van der Waals surface area contributed by atoms with Gasteiger partial charge in [0.2, 0.25) is 11.8 Å². The second-order valence-corrected chi connectivity index (χ2v) is 5.33. The first kappa shape index (κ1) is 16.0. The summed E-state index contributed by atoms with van der Waals surface area (Å²) in [5, 5.41) is 5.80. The number of likely N-dealkylation sites (tertiary alicyclic amines) is 1. The molecule has 0 atom stereocenters. The number of nitrogens with zero attached hydrogens (tertiary/aromatic N) is 1. The van der Waals surface area contributed by atoms with Crippen molar-refractivity contribution in [2.45, 2.75) is 18.4 Å². The van der Waals surface area contributed by atoms with Gasteiger partial charge in [-0.05, 0) is 37.1 Å². The van der Waals surface area contributed by atoms with Crippen LogP contribution in [0.1, 0.15) is 12.8 Å². The van der Waals surface area contributed by atoms with Gasteiger partial charge in [-0.25, -0.2) is 4.39 Å². The summed E-state index contributed by atoms with van der Waals surface area (Å²) in [7, 11) is 1.57. The summed E-state index contributed by atoms with van der Waals surface area (Å²) in [6.45, 7) is 4.36. The summed E-state index contributed by atoms with van der Waals surface area (Å²) >= 11 is 0. The summed E-state index contributed by atoms with van der Waals surface area (Å²) in [5.41, 5.74) is -0.298. The molecule has 0 saturated carbocycles. The number of piperidine rings is 1. The van der Waals surface area contributed by atoms with E-state index in [1.165, 1.54) is 18.2 Å². The molecule has 1 saturated heterocycles. The maximum atomic E-state index is 13.3. The van der Waals surface area contributed by atoms with Crippen molar-refractivity contribution >= 4 is 17.5 Å². The highest BCUT2D eigenvalue weighted by atomic mass is 19.1. The van der Waals surface area contributed by atoms with Crippen molar-refractivity contribution in [3.05, 3.63) is 42.7 Å². The number of anilines is 1. The molecule has 118 valence electrons. The lowest BCUT2D eigenvalue weighted by atomic mass is 9.86. The van der Waals surface area contributed by atoms with E-state index in [-0.39, 0.29) is 17.6 Å². The maximum absolute atomic E-state index is 13.3. The fraction of sp³-hybridized carbons (Fsp3) is 0.375. The van der Waals surface area contributed by atoms with Crippen LogP contribution in [0.25, 0.3) is 0 Å². The minimum atomic E-state index is -0.847. The van der Waals surface area contributed by atoms with Crippen molar-refractivity contribution in [2.75, 3.05) is 25.5 Å². The lowest BCUT2D eigenvalue weighted by Gasteiger charge is -2.41. The molecule has 6 heteroatoms. The zero-order valence-electron chi connectivity index (χ0n) is 12.6. The normalized spacial score (nSPS) is 16.7. The highest BCUT2D eigenvalue weighted by molar-refractivity contribution is 5.91. The van der Waals surface area contributed by atoms with Crippen LogP contribution in [-0.4, -0.2) is 42.4 Å². The Labute approximate surface area is 129 Å². The summed E-state index contributed by atoms with van der Waals surface area (Å²) in [4.78, 5) is 25.6. The Morgan fingerprint density at radius 2 is 2.05 bits per heavy atom. The van der Waals surface area contributed by atoms with Crippen LogP contribution >= 0.6 is 0 Å². The van der Waals surface area contributed by atoms with Gasteiger partial charge >= 0.3 is 0 Å². The average Bonchev–Trinajstić information content (AvgIpc) is 2.54. The number of likely N-dealkylation sites (N-methyl/N-ethyl adjacent to an activating group) is 1. The fourth-order valence-electron chi connectivity index (χ4n) is 2.73. The Morgan fingerprint density at radius 1 is 1.36 bits per heavy atom. The van der Waals surface area contributed by atoms with E-state index in [0.29, 0.717) is 31.6 Å². The van der Waals surface area contributed by atoms with Crippen molar-refractivity contribution < 1.29 is 14.0 Å². The number of nitrogens with one attached hydrogen (secondary N) is 2. The van der Waals surface area contributed by atoms with Crippen LogP contribution in [-0.2, 0) is 9.59 Å². The highest BCUT2D eigenvalue weighted by Gasteiger charge is 2.41. The SMILES string of the molecule is C=CC(=O)N1CCC(Nc2cccc(F)c2)(C(=O)NC)CC1. The molecule has 1 aliphatic rings. The molecule has 0 aliphatic carbocycles. The number of rotatable bonds is 4. The number of amides is 2. The van der Waals surface area contributed by atoms with E-state index in [4.69, 9.17) is 0 Å². The molecule has 0 unspecified atom stereocenters. The number of hydrogen-bond acceptors (Lipinski definition) is 3.